The van der Waals surface area contributed by atoms with Gasteiger partial charge >= 0.3 is 0 Å². The van der Waals surface area contributed by atoms with Crippen LogP contribution in [0.2, 0.25) is 0 Å². The van der Waals surface area contributed by atoms with Crippen molar-refractivity contribution in [1.29, 1.82) is 5.41 Å². The molecule has 0 atom stereocenters. The van der Waals surface area contributed by atoms with E-state index >= 15 is 0 Å². The van der Waals surface area contributed by atoms with Gasteiger partial charge in [-0.3, -0.25) is 5.41 Å². The molecule has 2 rings (SSSR count). The summed E-state index contributed by atoms with van der Waals surface area (Å²) in [6.45, 7) is 0. The molecule has 0 unspecified atom stereocenters. The highest BCUT2D eigenvalue weighted by molar-refractivity contribution is 9.10. The molecule has 0 spiro atoms. The minimum atomic E-state index is -0.472. The summed E-state index contributed by atoms with van der Waals surface area (Å²) in [6.07, 6.45) is 3.18. The van der Waals surface area contributed by atoms with Gasteiger partial charge in [-0.05, 0) is 45.9 Å². The molecule has 0 saturated heterocycles. The molecule has 18 heavy (non-hydrogen) atoms. The molecule has 0 radical (unpaired) electrons. The van der Waals surface area contributed by atoms with Crippen LogP contribution in [-0.2, 0) is 0 Å². The molecule has 92 valence electrons. The molecular weight excluding hydrogens is 319 g/mol. The van der Waals surface area contributed by atoms with Crippen LogP contribution in [0.25, 0.3) is 0 Å². The van der Waals surface area contributed by atoms with Gasteiger partial charge in [-0.15, -0.1) is 0 Å². The Bertz CT molecular complexity index is 591. The van der Waals surface area contributed by atoms with Crippen LogP contribution < -0.4 is 5.73 Å². The van der Waals surface area contributed by atoms with E-state index in [1.807, 2.05) is 0 Å². The summed E-state index contributed by atoms with van der Waals surface area (Å²) in [7, 11) is 0. The lowest BCUT2D eigenvalue weighted by Gasteiger charge is -2.07. The largest absolute Gasteiger partial charge is 0.384 e. The van der Waals surface area contributed by atoms with Crippen molar-refractivity contribution in [3.05, 3.63) is 46.4 Å². The maximum Gasteiger partial charge on any atom is 0.192 e. The van der Waals surface area contributed by atoms with Crippen LogP contribution in [0.4, 0.5) is 4.39 Å². The molecule has 0 aliphatic heterocycles. The zero-order chi connectivity index (χ0) is 13.1. The number of hydrogen-bond donors (Lipinski definition) is 2. The number of halogens is 2. The van der Waals surface area contributed by atoms with E-state index < -0.39 is 5.82 Å². The first kappa shape index (κ1) is 13.0. The number of aromatic nitrogens is 2. The van der Waals surface area contributed by atoms with Crippen molar-refractivity contribution >= 4 is 33.5 Å². The first-order chi connectivity index (χ1) is 8.59. The van der Waals surface area contributed by atoms with E-state index in [-0.39, 0.29) is 10.3 Å². The molecule has 7 heteroatoms. The first-order valence-corrected chi connectivity index (χ1v) is 6.48. The highest BCUT2D eigenvalue weighted by atomic mass is 79.9. The van der Waals surface area contributed by atoms with Gasteiger partial charge in [-0.1, -0.05) is 0 Å². The van der Waals surface area contributed by atoms with Gasteiger partial charge < -0.3 is 5.73 Å². The number of hydrogen-bond acceptors (Lipinski definition) is 4. The Morgan fingerprint density at radius 1 is 1.33 bits per heavy atom. The molecule has 0 bridgehead atoms. The van der Waals surface area contributed by atoms with E-state index in [1.165, 1.54) is 0 Å². The fourth-order valence-corrected chi connectivity index (χ4v) is 2.70. The van der Waals surface area contributed by atoms with Crippen molar-refractivity contribution in [2.45, 2.75) is 10.1 Å². The Labute approximate surface area is 115 Å². The molecule has 0 amide bonds. The lowest BCUT2D eigenvalue weighted by molar-refractivity contribution is 0.594. The number of nitrogens with zero attached hydrogens (tertiary/aromatic N) is 2. The summed E-state index contributed by atoms with van der Waals surface area (Å²) in [5.74, 6) is -0.659. The Hall–Kier alpha value is -1.47. The third-order valence-electron chi connectivity index (χ3n) is 2.08. The normalized spacial score (nSPS) is 10.3. The second kappa shape index (κ2) is 5.45. The maximum absolute atomic E-state index is 14.0. The van der Waals surface area contributed by atoms with Crippen molar-refractivity contribution in [1.82, 2.24) is 9.97 Å². The topological polar surface area (TPSA) is 75.7 Å². The maximum atomic E-state index is 14.0. The van der Waals surface area contributed by atoms with E-state index in [4.69, 9.17) is 11.1 Å². The minimum Gasteiger partial charge on any atom is -0.384 e. The summed E-state index contributed by atoms with van der Waals surface area (Å²) in [5.41, 5.74) is 5.67. The predicted octanol–water partition coefficient (Wildman–Crippen LogP) is 2.81. The van der Waals surface area contributed by atoms with Gasteiger partial charge in [-0.2, -0.15) is 0 Å². The average molecular weight is 327 g/mol. The van der Waals surface area contributed by atoms with Crippen LogP contribution >= 0.6 is 27.7 Å². The number of nitrogen functional groups attached to an aromatic ring is 1. The third kappa shape index (κ3) is 2.68. The monoisotopic (exact) mass is 326 g/mol. The highest BCUT2D eigenvalue weighted by Crippen LogP contribution is 2.32. The fraction of sp³-hybridized carbons (Fsp3) is 0. The second-order valence-corrected chi connectivity index (χ2v) is 5.09. The highest BCUT2D eigenvalue weighted by Gasteiger charge is 2.14. The molecule has 1 heterocycles. The van der Waals surface area contributed by atoms with Gasteiger partial charge in [0.25, 0.3) is 0 Å². The van der Waals surface area contributed by atoms with Gasteiger partial charge in [-0.25, -0.2) is 14.4 Å². The van der Waals surface area contributed by atoms with E-state index in [9.17, 15) is 4.39 Å². The Balaban J connectivity index is 2.36. The first-order valence-electron chi connectivity index (χ1n) is 4.87. The van der Waals surface area contributed by atoms with Gasteiger partial charge in [0.05, 0.1) is 9.37 Å². The van der Waals surface area contributed by atoms with Gasteiger partial charge in [0, 0.05) is 18.0 Å². The number of nitrogens with two attached hydrogens (primary N) is 1. The molecule has 1 aromatic carbocycles. The van der Waals surface area contributed by atoms with Gasteiger partial charge in [0.1, 0.15) is 5.84 Å². The van der Waals surface area contributed by atoms with Gasteiger partial charge in [0.15, 0.2) is 11.0 Å². The van der Waals surface area contributed by atoms with E-state index in [1.54, 1.807) is 30.6 Å². The van der Waals surface area contributed by atoms with Gasteiger partial charge in [0.2, 0.25) is 0 Å². The molecule has 0 aliphatic rings. The lowest BCUT2D eigenvalue weighted by atomic mass is 10.2. The van der Waals surface area contributed by atoms with E-state index in [0.29, 0.717) is 15.6 Å². The molecule has 0 fully saturated rings. The lowest BCUT2D eigenvalue weighted by Crippen LogP contribution is -2.12. The Kier molecular flexibility index (Phi) is 3.93. The predicted molar refractivity (Wildman–Crippen MR) is 71.3 cm³/mol. The Morgan fingerprint density at radius 2 is 2.00 bits per heavy atom. The molecule has 4 nitrogen and oxygen atoms in total. The van der Waals surface area contributed by atoms with Crippen molar-refractivity contribution in [3.8, 4) is 0 Å². The molecule has 3 N–H and O–H groups in total. The average Bonchev–Trinajstić information content (AvgIpc) is 2.36. The van der Waals surface area contributed by atoms with Crippen LogP contribution in [0.1, 0.15) is 5.56 Å². The smallest absolute Gasteiger partial charge is 0.192 e. The molecule has 1 aromatic heterocycles. The van der Waals surface area contributed by atoms with Crippen molar-refractivity contribution in [2.24, 2.45) is 5.73 Å². The second-order valence-electron chi connectivity index (χ2n) is 3.29. The quantitative estimate of drug-likeness (QED) is 0.516. The molecule has 0 saturated carbocycles. The SMILES string of the molecule is N=C(N)c1ccc(Sc2ncccn2)c(F)c1Br. The summed E-state index contributed by atoms with van der Waals surface area (Å²) in [6, 6.07) is 4.83. The zero-order valence-electron chi connectivity index (χ0n) is 9.02. The molecule has 0 aliphatic carbocycles. The van der Waals surface area contributed by atoms with Crippen LogP contribution in [0.15, 0.2) is 45.1 Å². The van der Waals surface area contributed by atoms with Crippen molar-refractivity contribution in [3.63, 3.8) is 0 Å². The Morgan fingerprint density at radius 3 is 2.61 bits per heavy atom. The number of benzene rings is 1. The fourth-order valence-electron chi connectivity index (χ4n) is 1.26. The zero-order valence-corrected chi connectivity index (χ0v) is 11.4. The molecule has 2 aromatic rings. The van der Waals surface area contributed by atoms with Crippen molar-refractivity contribution in [2.75, 3.05) is 0 Å². The third-order valence-corrected chi connectivity index (χ3v) is 3.78. The number of amidine groups is 1. The minimum absolute atomic E-state index is 0.177. The van der Waals surface area contributed by atoms with Crippen LogP contribution in [0.5, 0.6) is 0 Å². The summed E-state index contributed by atoms with van der Waals surface area (Å²) < 4.78 is 14.2. The standard InChI is InChI=1S/C11H8BrFN4S/c12-8-6(10(14)15)2-3-7(9(8)13)18-11-16-4-1-5-17-11/h1-5H,(H3,14,15). The van der Waals surface area contributed by atoms with Crippen LogP contribution in [0.3, 0.4) is 0 Å². The van der Waals surface area contributed by atoms with E-state index in [2.05, 4.69) is 25.9 Å². The van der Waals surface area contributed by atoms with E-state index in [0.717, 1.165) is 11.8 Å². The summed E-state index contributed by atoms with van der Waals surface area (Å²) in [5, 5.41) is 7.77. The van der Waals surface area contributed by atoms with Crippen molar-refractivity contribution < 1.29 is 4.39 Å². The summed E-state index contributed by atoms with van der Waals surface area (Å²) in [4.78, 5) is 8.38. The number of nitrogens with one attached hydrogen (secondary N) is 1. The van der Waals surface area contributed by atoms with Crippen LogP contribution in [-0.4, -0.2) is 15.8 Å². The summed E-state index contributed by atoms with van der Waals surface area (Å²) >= 11 is 4.21. The molecular formula is C11H8BrFN4S. The number of rotatable bonds is 3. The van der Waals surface area contributed by atoms with Crippen LogP contribution in [0, 0.1) is 11.2 Å².